The van der Waals surface area contributed by atoms with Crippen molar-refractivity contribution in [3.8, 4) is 0 Å². The lowest BCUT2D eigenvalue weighted by atomic mass is 9.96. The maximum atomic E-state index is 5.97. The normalized spacial score (nSPS) is 18.2. The van der Waals surface area contributed by atoms with Gasteiger partial charge in [0.25, 0.3) is 0 Å². The van der Waals surface area contributed by atoms with Crippen LogP contribution in [0.4, 0.5) is 5.82 Å². The second-order valence-corrected chi connectivity index (χ2v) is 5.63. The minimum atomic E-state index is 0.510. The molecule has 1 aliphatic rings. The van der Waals surface area contributed by atoms with Crippen LogP contribution < -0.4 is 5.32 Å². The van der Waals surface area contributed by atoms with Crippen molar-refractivity contribution in [1.82, 2.24) is 10.2 Å². The lowest BCUT2D eigenvalue weighted by Gasteiger charge is -2.22. The average Bonchev–Trinajstić information content (AvgIpc) is 2.32. The summed E-state index contributed by atoms with van der Waals surface area (Å²) in [7, 11) is 0. The summed E-state index contributed by atoms with van der Waals surface area (Å²) in [5, 5.41) is 12.3. The zero-order valence-electron chi connectivity index (χ0n) is 11.3. The van der Waals surface area contributed by atoms with Crippen LogP contribution >= 0.6 is 11.6 Å². The first-order chi connectivity index (χ1) is 8.68. The summed E-state index contributed by atoms with van der Waals surface area (Å²) in [4.78, 5) is 0. The molecule has 1 heterocycles. The molecule has 0 aliphatic heterocycles. The van der Waals surface area contributed by atoms with Gasteiger partial charge in [0, 0.05) is 6.04 Å². The standard InChI is InChI=1S/C14H22ClN3/c1-10-11(2)14(18-17-13(10)15)16-12-8-6-4-3-5-7-9-12/h12H,3-9H2,1-2H3,(H,16,18). The van der Waals surface area contributed by atoms with Gasteiger partial charge >= 0.3 is 0 Å². The average molecular weight is 268 g/mol. The number of nitrogens with zero attached hydrogens (tertiary/aromatic N) is 2. The van der Waals surface area contributed by atoms with Crippen LogP contribution in [-0.2, 0) is 0 Å². The highest BCUT2D eigenvalue weighted by atomic mass is 35.5. The molecule has 18 heavy (non-hydrogen) atoms. The Labute approximate surface area is 114 Å². The van der Waals surface area contributed by atoms with Gasteiger partial charge in [0.15, 0.2) is 11.0 Å². The Bertz CT molecular complexity index is 398. The summed E-state index contributed by atoms with van der Waals surface area (Å²) in [6, 6.07) is 0.541. The third-order valence-electron chi connectivity index (χ3n) is 3.91. The maximum absolute atomic E-state index is 5.97. The zero-order valence-corrected chi connectivity index (χ0v) is 12.1. The van der Waals surface area contributed by atoms with Gasteiger partial charge in [-0.05, 0) is 37.8 Å². The fourth-order valence-electron chi connectivity index (χ4n) is 2.51. The second-order valence-electron chi connectivity index (χ2n) is 5.28. The lowest BCUT2D eigenvalue weighted by molar-refractivity contribution is 0.470. The highest BCUT2D eigenvalue weighted by molar-refractivity contribution is 6.30. The van der Waals surface area contributed by atoms with Crippen molar-refractivity contribution >= 4 is 17.4 Å². The van der Waals surface area contributed by atoms with Gasteiger partial charge in [-0.3, -0.25) is 0 Å². The first-order valence-electron chi connectivity index (χ1n) is 6.94. The molecule has 0 amide bonds. The molecule has 100 valence electrons. The van der Waals surface area contributed by atoms with Crippen molar-refractivity contribution < 1.29 is 0 Å². The number of anilines is 1. The predicted octanol–water partition coefficient (Wildman–Crippen LogP) is 4.27. The van der Waals surface area contributed by atoms with E-state index >= 15 is 0 Å². The van der Waals surface area contributed by atoms with E-state index in [4.69, 9.17) is 11.6 Å². The third-order valence-corrected chi connectivity index (χ3v) is 4.27. The Morgan fingerprint density at radius 1 is 0.944 bits per heavy atom. The molecule has 1 N–H and O–H groups in total. The topological polar surface area (TPSA) is 37.8 Å². The van der Waals surface area contributed by atoms with Crippen LogP contribution in [0.5, 0.6) is 0 Å². The fourth-order valence-corrected chi connectivity index (χ4v) is 2.69. The molecule has 1 fully saturated rings. The summed E-state index contributed by atoms with van der Waals surface area (Å²) in [5.41, 5.74) is 2.15. The molecule has 4 heteroatoms. The number of hydrogen-bond acceptors (Lipinski definition) is 3. The molecule has 0 bridgehead atoms. The van der Waals surface area contributed by atoms with E-state index in [1.807, 2.05) is 6.92 Å². The number of aromatic nitrogens is 2. The molecule has 0 saturated heterocycles. The van der Waals surface area contributed by atoms with Gasteiger partial charge in [-0.15, -0.1) is 10.2 Å². The van der Waals surface area contributed by atoms with Crippen molar-refractivity contribution in [2.45, 2.75) is 64.8 Å². The van der Waals surface area contributed by atoms with Crippen LogP contribution in [0, 0.1) is 13.8 Å². The van der Waals surface area contributed by atoms with Gasteiger partial charge in [0.05, 0.1) is 0 Å². The van der Waals surface area contributed by atoms with E-state index in [1.54, 1.807) is 0 Å². The van der Waals surface area contributed by atoms with Crippen LogP contribution in [-0.4, -0.2) is 16.2 Å². The summed E-state index contributed by atoms with van der Waals surface area (Å²) in [6.07, 6.45) is 9.23. The molecule has 3 nitrogen and oxygen atoms in total. The molecule has 0 aromatic carbocycles. The molecule has 2 rings (SSSR count). The highest BCUT2D eigenvalue weighted by Crippen LogP contribution is 2.24. The number of halogens is 1. The SMILES string of the molecule is Cc1c(Cl)nnc(NC2CCCCCCC2)c1C. The number of rotatable bonds is 2. The fraction of sp³-hybridized carbons (Fsp3) is 0.714. The zero-order chi connectivity index (χ0) is 13.0. The number of nitrogens with one attached hydrogen (secondary N) is 1. The van der Waals surface area contributed by atoms with Crippen molar-refractivity contribution in [3.05, 3.63) is 16.3 Å². The largest absolute Gasteiger partial charge is 0.366 e. The lowest BCUT2D eigenvalue weighted by Crippen LogP contribution is -2.22. The molecule has 0 atom stereocenters. The van der Waals surface area contributed by atoms with E-state index in [2.05, 4.69) is 22.4 Å². The van der Waals surface area contributed by atoms with Crippen molar-refractivity contribution in [2.75, 3.05) is 5.32 Å². The monoisotopic (exact) mass is 267 g/mol. The summed E-state index contributed by atoms with van der Waals surface area (Å²) in [6.45, 7) is 4.05. The van der Waals surface area contributed by atoms with Gasteiger partial charge in [-0.25, -0.2) is 0 Å². The van der Waals surface area contributed by atoms with Crippen LogP contribution in [0.2, 0.25) is 5.15 Å². The van der Waals surface area contributed by atoms with Crippen LogP contribution in [0.3, 0.4) is 0 Å². The van der Waals surface area contributed by atoms with E-state index in [-0.39, 0.29) is 0 Å². The molecule has 1 saturated carbocycles. The van der Waals surface area contributed by atoms with Crippen LogP contribution in [0.25, 0.3) is 0 Å². The van der Waals surface area contributed by atoms with Crippen molar-refractivity contribution in [3.63, 3.8) is 0 Å². The minimum absolute atomic E-state index is 0.510. The van der Waals surface area contributed by atoms with E-state index in [1.165, 1.54) is 44.9 Å². The third kappa shape index (κ3) is 3.35. The van der Waals surface area contributed by atoms with Crippen LogP contribution in [0.15, 0.2) is 0 Å². The Hall–Kier alpha value is -0.830. The summed E-state index contributed by atoms with van der Waals surface area (Å²) in [5.74, 6) is 0.905. The van der Waals surface area contributed by atoms with Gasteiger partial charge in [0.1, 0.15) is 0 Å². The predicted molar refractivity (Wildman–Crippen MR) is 76.2 cm³/mol. The van der Waals surface area contributed by atoms with Gasteiger partial charge in [-0.1, -0.05) is 43.7 Å². The van der Waals surface area contributed by atoms with Crippen molar-refractivity contribution in [2.24, 2.45) is 0 Å². The van der Waals surface area contributed by atoms with E-state index in [0.29, 0.717) is 11.2 Å². The molecular formula is C14H22ClN3. The molecule has 0 unspecified atom stereocenters. The second kappa shape index (κ2) is 6.37. The number of hydrogen-bond donors (Lipinski definition) is 1. The molecular weight excluding hydrogens is 246 g/mol. The Morgan fingerprint density at radius 3 is 2.22 bits per heavy atom. The molecule has 1 aliphatic carbocycles. The highest BCUT2D eigenvalue weighted by Gasteiger charge is 2.14. The van der Waals surface area contributed by atoms with Crippen molar-refractivity contribution in [1.29, 1.82) is 0 Å². The quantitative estimate of drug-likeness (QED) is 0.869. The Balaban J connectivity index is 2.05. The van der Waals surface area contributed by atoms with E-state index < -0.39 is 0 Å². The Kier molecular flexibility index (Phi) is 4.81. The van der Waals surface area contributed by atoms with Gasteiger partial charge in [-0.2, -0.15) is 0 Å². The Morgan fingerprint density at radius 2 is 1.56 bits per heavy atom. The van der Waals surface area contributed by atoms with Gasteiger partial charge < -0.3 is 5.32 Å². The smallest absolute Gasteiger partial charge is 0.155 e. The summed E-state index contributed by atoms with van der Waals surface area (Å²) >= 11 is 5.97. The maximum Gasteiger partial charge on any atom is 0.155 e. The molecule has 0 radical (unpaired) electrons. The van der Waals surface area contributed by atoms with Gasteiger partial charge in [0.2, 0.25) is 0 Å². The molecule has 1 aromatic rings. The van der Waals surface area contributed by atoms with Crippen LogP contribution in [0.1, 0.15) is 56.1 Å². The minimum Gasteiger partial charge on any atom is -0.366 e. The molecule has 0 spiro atoms. The first kappa shape index (κ1) is 13.6. The summed E-state index contributed by atoms with van der Waals surface area (Å²) < 4.78 is 0. The molecule has 1 aromatic heterocycles. The van der Waals surface area contributed by atoms with E-state index in [0.717, 1.165) is 16.9 Å². The first-order valence-corrected chi connectivity index (χ1v) is 7.32. The van der Waals surface area contributed by atoms with E-state index in [9.17, 15) is 0 Å².